The van der Waals surface area contributed by atoms with Crippen molar-refractivity contribution in [3.63, 3.8) is 0 Å². The Balaban J connectivity index is 1.95. The fourth-order valence-electron chi connectivity index (χ4n) is 2.23. The molecule has 0 aliphatic carbocycles. The molecule has 1 N–H and O–H groups in total. The van der Waals surface area contributed by atoms with Crippen molar-refractivity contribution in [2.24, 2.45) is 0 Å². The summed E-state index contributed by atoms with van der Waals surface area (Å²) in [5.41, 5.74) is 1.29. The molecule has 17 heavy (non-hydrogen) atoms. The predicted octanol–water partition coefficient (Wildman–Crippen LogP) is 3.01. The van der Waals surface area contributed by atoms with Crippen LogP contribution in [0, 0.1) is 0 Å². The molecule has 1 aliphatic heterocycles. The van der Waals surface area contributed by atoms with E-state index in [9.17, 15) is 4.21 Å². The van der Waals surface area contributed by atoms with Gasteiger partial charge in [-0.3, -0.25) is 4.21 Å². The summed E-state index contributed by atoms with van der Waals surface area (Å²) in [5.74, 6) is 1.70. The van der Waals surface area contributed by atoms with Gasteiger partial charge in [0.1, 0.15) is 0 Å². The average Bonchev–Trinajstić information content (AvgIpc) is 2.32. The van der Waals surface area contributed by atoms with E-state index in [0.29, 0.717) is 12.1 Å². The summed E-state index contributed by atoms with van der Waals surface area (Å²) in [7, 11) is -0.574. The van der Waals surface area contributed by atoms with Crippen molar-refractivity contribution < 1.29 is 4.21 Å². The number of benzene rings is 1. The molecule has 0 saturated carbocycles. The molecular formula is C13H18BrNOS. The quantitative estimate of drug-likeness (QED) is 0.929. The molecule has 1 aromatic carbocycles. The highest BCUT2D eigenvalue weighted by Crippen LogP contribution is 2.24. The maximum Gasteiger partial charge on any atom is 0.0305 e. The van der Waals surface area contributed by atoms with Crippen molar-refractivity contribution >= 4 is 26.7 Å². The zero-order valence-electron chi connectivity index (χ0n) is 9.99. The lowest BCUT2D eigenvalue weighted by molar-refractivity contribution is 0.426. The average molecular weight is 316 g/mol. The third kappa shape index (κ3) is 3.63. The molecule has 4 heteroatoms. The van der Waals surface area contributed by atoms with Crippen LogP contribution in [0.3, 0.4) is 0 Å². The molecule has 0 bridgehead atoms. The predicted molar refractivity (Wildman–Crippen MR) is 76.6 cm³/mol. The van der Waals surface area contributed by atoms with Crippen molar-refractivity contribution in [1.29, 1.82) is 0 Å². The van der Waals surface area contributed by atoms with E-state index < -0.39 is 10.8 Å². The van der Waals surface area contributed by atoms with E-state index in [1.165, 1.54) is 5.56 Å². The second kappa shape index (κ2) is 6.12. The molecule has 1 heterocycles. The van der Waals surface area contributed by atoms with E-state index in [4.69, 9.17) is 0 Å². The highest BCUT2D eigenvalue weighted by atomic mass is 79.9. The van der Waals surface area contributed by atoms with Crippen molar-refractivity contribution in [3.8, 4) is 0 Å². The molecule has 0 amide bonds. The van der Waals surface area contributed by atoms with Gasteiger partial charge in [0.15, 0.2) is 0 Å². The van der Waals surface area contributed by atoms with Crippen molar-refractivity contribution in [3.05, 3.63) is 34.3 Å². The lowest BCUT2D eigenvalue weighted by Crippen LogP contribution is -2.37. The molecule has 1 unspecified atom stereocenters. The largest absolute Gasteiger partial charge is 0.307 e. The van der Waals surface area contributed by atoms with Crippen molar-refractivity contribution in [2.45, 2.75) is 31.8 Å². The lowest BCUT2D eigenvalue weighted by atomic mass is 10.1. The summed E-state index contributed by atoms with van der Waals surface area (Å²) in [6.07, 6.45) is 2.06. The van der Waals surface area contributed by atoms with E-state index in [0.717, 1.165) is 28.8 Å². The minimum absolute atomic E-state index is 0.335. The van der Waals surface area contributed by atoms with E-state index in [1.807, 2.05) is 6.07 Å². The lowest BCUT2D eigenvalue weighted by Gasteiger charge is -2.27. The molecular weight excluding hydrogens is 298 g/mol. The highest BCUT2D eigenvalue weighted by molar-refractivity contribution is 9.10. The first-order chi connectivity index (χ1) is 8.16. The van der Waals surface area contributed by atoms with Crippen molar-refractivity contribution in [1.82, 2.24) is 5.32 Å². The zero-order valence-corrected chi connectivity index (χ0v) is 12.4. The van der Waals surface area contributed by atoms with Gasteiger partial charge in [0.2, 0.25) is 0 Å². The minimum atomic E-state index is -0.574. The normalized spacial score (nSPS) is 26.7. The van der Waals surface area contributed by atoms with Crippen LogP contribution in [0.25, 0.3) is 0 Å². The minimum Gasteiger partial charge on any atom is -0.307 e. The van der Waals surface area contributed by atoms with Gasteiger partial charge in [-0.25, -0.2) is 0 Å². The first-order valence-electron chi connectivity index (χ1n) is 6.02. The highest BCUT2D eigenvalue weighted by Gasteiger charge is 2.20. The van der Waals surface area contributed by atoms with E-state index in [2.05, 4.69) is 46.4 Å². The van der Waals surface area contributed by atoms with Gasteiger partial charge in [0.25, 0.3) is 0 Å². The third-order valence-electron chi connectivity index (χ3n) is 3.25. The summed E-state index contributed by atoms with van der Waals surface area (Å²) in [6, 6.07) is 9.15. The smallest absolute Gasteiger partial charge is 0.0305 e. The summed E-state index contributed by atoms with van der Waals surface area (Å²) < 4.78 is 12.4. The molecule has 0 spiro atoms. The Bertz CT molecular complexity index is 400. The van der Waals surface area contributed by atoms with Crippen LogP contribution in [-0.4, -0.2) is 21.8 Å². The molecule has 2 nitrogen and oxygen atoms in total. The molecule has 1 aliphatic rings. The van der Waals surface area contributed by atoms with E-state index in [-0.39, 0.29) is 0 Å². The maximum absolute atomic E-state index is 11.3. The van der Waals surface area contributed by atoms with Crippen LogP contribution in [0.5, 0.6) is 0 Å². The van der Waals surface area contributed by atoms with Crippen LogP contribution >= 0.6 is 15.9 Å². The first kappa shape index (κ1) is 13.2. The van der Waals surface area contributed by atoms with E-state index >= 15 is 0 Å². The Kier molecular flexibility index (Phi) is 4.77. The molecule has 0 aromatic heterocycles. The van der Waals surface area contributed by atoms with Crippen LogP contribution < -0.4 is 5.32 Å². The summed E-state index contributed by atoms with van der Waals surface area (Å²) in [5, 5.41) is 3.63. The van der Waals surface area contributed by atoms with Gasteiger partial charge in [0.05, 0.1) is 0 Å². The zero-order chi connectivity index (χ0) is 12.3. The SMILES string of the molecule is CC(NC1CCS(=O)CC1)c1ccccc1Br. The first-order valence-corrected chi connectivity index (χ1v) is 8.30. The Hall–Kier alpha value is -0.190. The van der Waals surface area contributed by atoms with Gasteiger partial charge in [-0.2, -0.15) is 0 Å². The summed E-state index contributed by atoms with van der Waals surface area (Å²) >= 11 is 3.58. The monoisotopic (exact) mass is 315 g/mol. The molecule has 94 valence electrons. The van der Waals surface area contributed by atoms with Crippen LogP contribution in [0.2, 0.25) is 0 Å². The number of halogens is 1. The van der Waals surface area contributed by atoms with Gasteiger partial charge in [-0.15, -0.1) is 0 Å². The van der Waals surface area contributed by atoms with Crippen LogP contribution in [0.15, 0.2) is 28.7 Å². The van der Waals surface area contributed by atoms with Crippen LogP contribution in [0.1, 0.15) is 31.4 Å². The Morgan fingerprint density at radius 3 is 2.65 bits per heavy atom. The molecule has 0 radical (unpaired) electrons. The Morgan fingerprint density at radius 2 is 2.00 bits per heavy atom. The molecule has 1 fully saturated rings. The topological polar surface area (TPSA) is 29.1 Å². The molecule has 1 saturated heterocycles. The molecule has 1 aromatic rings. The third-order valence-corrected chi connectivity index (χ3v) is 5.35. The van der Waals surface area contributed by atoms with E-state index in [1.54, 1.807) is 0 Å². The fraction of sp³-hybridized carbons (Fsp3) is 0.538. The summed E-state index contributed by atoms with van der Waals surface area (Å²) in [4.78, 5) is 0. The Morgan fingerprint density at radius 1 is 1.35 bits per heavy atom. The second-order valence-corrected chi connectivity index (χ2v) is 7.08. The van der Waals surface area contributed by atoms with Crippen LogP contribution in [0.4, 0.5) is 0 Å². The van der Waals surface area contributed by atoms with Gasteiger partial charge in [-0.1, -0.05) is 34.1 Å². The van der Waals surface area contributed by atoms with Gasteiger partial charge in [-0.05, 0) is 31.4 Å². The standard InChI is InChI=1S/C13H18BrNOS/c1-10(12-4-2-3-5-13(12)14)15-11-6-8-17(16)9-7-11/h2-5,10-11,15H,6-9H2,1H3. The van der Waals surface area contributed by atoms with Crippen LogP contribution in [-0.2, 0) is 10.8 Å². The number of nitrogens with one attached hydrogen (secondary N) is 1. The summed E-state index contributed by atoms with van der Waals surface area (Å²) in [6.45, 7) is 2.19. The molecule has 2 rings (SSSR count). The van der Waals surface area contributed by atoms with Gasteiger partial charge in [0, 0.05) is 38.9 Å². The number of rotatable bonds is 3. The number of hydrogen-bond donors (Lipinski definition) is 1. The molecule has 1 atom stereocenters. The van der Waals surface area contributed by atoms with Crippen molar-refractivity contribution in [2.75, 3.05) is 11.5 Å². The van der Waals surface area contributed by atoms with Gasteiger partial charge >= 0.3 is 0 Å². The maximum atomic E-state index is 11.3. The van der Waals surface area contributed by atoms with Gasteiger partial charge < -0.3 is 5.32 Å². The Labute approximate surface area is 114 Å². The number of hydrogen-bond acceptors (Lipinski definition) is 2. The second-order valence-electron chi connectivity index (χ2n) is 4.53. The fourth-order valence-corrected chi connectivity index (χ4v) is 4.16.